The quantitative estimate of drug-likeness (QED) is 0.795. The first-order chi connectivity index (χ1) is 12.0. The molecule has 138 valence electrons. The molecule has 2 rings (SSSR count). The Labute approximate surface area is 150 Å². The van der Waals surface area contributed by atoms with Gasteiger partial charge in [0.25, 0.3) is 0 Å². The summed E-state index contributed by atoms with van der Waals surface area (Å²) in [4.78, 5) is 26.5. The molecule has 0 aliphatic heterocycles. The fourth-order valence-corrected chi connectivity index (χ4v) is 3.40. The number of methoxy groups -OCH3 is 1. The van der Waals surface area contributed by atoms with Gasteiger partial charge in [-0.1, -0.05) is 56.5 Å². The molecule has 1 aromatic carbocycles. The number of benzene rings is 1. The fraction of sp³-hybridized carbons (Fsp3) is 0.600. The number of hydrogen-bond acceptors (Lipinski definition) is 3. The molecule has 1 fully saturated rings. The van der Waals surface area contributed by atoms with Gasteiger partial charge in [-0.05, 0) is 25.3 Å². The van der Waals surface area contributed by atoms with E-state index in [2.05, 4.69) is 5.32 Å². The average Bonchev–Trinajstić information content (AvgIpc) is 2.66. The molecular formula is C20H30N2O3. The molecule has 1 aromatic rings. The molecule has 2 atom stereocenters. The average molecular weight is 346 g/mol. The van der Waals surface area contributed by atoms with Crippen LogP contribution in [0.2, 0.25) is 0 Å². The topological polar surface area (TPSA) is 58.6 Å². The smallest absolute Gasteiger partial charge is 0.318 e. The first kappa shape index (κ1) is 19.3. The van der Waals surface area contributed by atoms with E-state index in [-0.39, 0.29) is 30.0 Å². The van der Waals surface area contributed by atoms with Gasteiger partial charge < -0.3 is 15.0 Å². The molecule has 2 amide bonds. The molecule has 1 aliphatic rings. The number of rotatable bonds is 6. The zero-order valence-corrected chi connectivity index (χ0v) is 15.5. The monoisotopic (exact) mass is 346 g/mol. The number of ether oxygens (including phenoxy) is 1. The zero-order chi connectivity index (χ0) is 18.2. The van der Waals surface area contributed by atoms with E-state index in [1.807, 2.05) is 37.3 Å². The number of carbonyl (C=O) groups excluding carboxylic acids is 2. The molecule has 1 aliphatic carbocycles. The number of nitrogens with one attached hydrogen (secondary N) is 1. The van der Waals surface area contributed by atoms with E-state index in [4.69, 9.17) is 4.74 Å². The SMILES string of the molecule is COC(=O)C(C)CN(C(=O)NC1CCCCC1)C(C)c1ccccc1. The van der Waals surface area contributed by atoms with Gasteiger partial charge in [-0.3, -0.25) is 4.79 Å². The highest BCUT2D eigenvalue weighted by atomic mass is 16.5. The lowest BCUT2D eigenvalue weighted by atomic mass is 9.95. The van der Waals surface area contributed by atoms with Crippen LogP contribution in [0.4, 0.5) is 4.79 Å². The van der Waals surface area contributed by atoms with Crippen LogP contribution in [-0.2, 0) is 9.53 Å². The van der Waals surface area contributed by atoms with Crippen molar-refractivity contribution in [3.8, 4) is 0 Å². The first-order valence-corrected chi connectivity index (χ1v) is 9.22. The standard InChI is InChI=1S/C20H30N2O3/c1-15(19(23)25-3)14-22(16(2)17-10-6-4-7-11-17)20(24)21-18-12-8-5-9-13-18/h4,6-7,10-11,15-16,18H,5,8-9,12-14H2,1-3H3,(H,21,24). The largest absolute Gasteiger partial charge is 0.469 e. The lowest BCUT2D eigenvalue weighted by molar-refractivity contribution is -0.145. The zero-order valence-electron chi connectivity index (χ0n) is 15.5. The minimum atomic E-state index is -0.367. The van der Waals surface area contributed by atoms with Crippen LogP contribution in [0.15, 0.2) is 30.3 Å². The molecular weight excluding hydrogens is 316 g/mol. The predicted octanol–water partition coefficient (Wildman–Crippen LogP) is 3.90. The van der Waals surface area contributed by atoms with E-state index < -0.39 is 0 Å². The van der Waals surface area contributed by atoms with Crippen LogP contribution in [0.25, 0.3) is 0 Å². The molecule has 0 heterocycles. The van der Waals surface area contributed by atoms with Crippen molar-refractivity contribution in [3.05, 3.63) is 35.9 Å². The lowest BCUT2D eigenvalue weighted by Crippen LogP contribution is -2.48. The summed E-state index contributed by atoms with van der Waals surface area (Å²) in [6.45, 7) is 4.13. The predicted molar refractivity (Wildman–Crippen MR) is 98.1 cm³/mol. The maximum absolute atomic E-state index is 12.9. The van der Waals surface area contributed by atoms with E-state index in [1.54, 1.807) is 11.8 Å². The second kappa shape index (κ2) is 9.44. The lowest BCUT2D eigenvalue weighted by Gasteiger charge is -2.33. The Morgan fingerprint density at radius 2 is 1.80 bits per heavy atom. The van der Waals surface area contributed by atoms with Crippen molar-refractivity contribution in [2.24, 2.45) is 5.92 Å². The highest BCUT2D eigenvalue weighted by Crippen LogP contribution is 2.23. The molecule has 0 aromatic heterocycles. The summed E-state index contributed by atoms with van der Waals surface area (Å²) >= 11 is 0. The summed E-state index contributed by atoms with van der Waals surface area (Å²) in [5.74, 6) is -0.663. The van der Waals surface area contributed by atoms with Gasteiger partial charge in [-0.15, -0.1) is 0 Å². The van der Waals surface area contributed by atoms with Crippen LogP contribution in [0, 0.1) is 5.92 Å². The second-order valence-electron chi connectivity index (χ2n) is 6.95. The number of amides is 2. The highest BCUT2D eigenvalue weighted by molar-refractivity contribution is 5.77. The molecule has 5 heteroatoms. The van der Waals surface area contributed by atoms with Gasteiger partial charge >= 0.3 is 12.0 Å². The minimum Gasteiger partial charge on any atom is -0.469 e. The van der Waals surface area contributed by atoms with Gasteiger partial charge in [0.1, 0.15) is 0 Å². The van der Waals surface area contributed by atoms with E-state index in [0.717, 1.165) is 31.2 Å². The fourth-order valence-electron chi connectivity index (χ4n) is 3.40. The number of nitrogens with zero attached hydrogens (tertiary/aromatic N) is 1. The molecule has 25 heavy (non-hydrogen) atoms. The summed E-state index contributed by atoms with van der Waals surface area (Å²) in [6, 6.07) is 9.93. The first-order valence-electron chi connectivity index (χ1n) is 9.22. The van der Waals surface area contributed by atoms with Gasteiger partial charge in [-0.25, -0.2) is 4.79 Å². The molecule has 0 saturated heterocycles. The Bertz CT molecular complexity index is 555. The Hall–Kier alpha value is -2.04. The van der Waals surface area contributed by atoms with Crippen molar-refractivity contribution in [3.63, 3.8) is 0 Å². The van der Waals surface area contributed by atoms with Gasteiger partial charge in [0, 0.05) is 12.6 Å². The number of esters is 1. The van der Waals surface area contributed by atoms with E-state index in [9.17, 15) is 9.59 Å². The van der Waals surface area contributed by atoms with Crippen molar-refractivity contribution < 1.29 is 14.3 Å². The molecule has 0 bridgehead atoms. The Kier molecular flexibility index (Phi) is 7.29. The van der Waals surface area contributed by atoms with E-state index in [1.165, 1.54) is 13.5 Å². The van der Waals surface area contributed by atoms with Gasteiger partial charge in [0.2, 0.25) is 0 Å². The third-order valence-corrected chi connectivity index (χ3v) is 5.02. The second-order valence-corrected chi connectivity index (χ2v) is 6.95. The molecule has 0 radical (unpaired) electrons. The van der Waals surface area contributed by atoms with Crippen LogP contribution in [0.1, 0.15) is 57.6 Å². The van der Waals surface area contributed by atoms with Gasteiger partial charge in [-0.2, -0.15) is 0 Å². The Morgan fingerprint density at radius 3 is 2.40 bits per heavy atom. The Balaban J connectivity index is 2.12. The van der Waals surface area contributed by atoms with Crippen LogP contribution in [0.3, 0.4) is 0 Å². The van der Waals surface area contributed by atoms with Crippen LogP contribution in [-0.4, -0.2) is 36.6 Å². The molecule has 0 spiro atoms. The van der Waals surface area contributed by atoms with Crippen LogP contribution in [0.5, 0.6) is 0 Å². The van der Waals surface area contributed by atoms with Crippen molar-refractivity contribution in [1.29, 1.82) is 0 Å². The van der Waals surface area contributed by atoms with E-state index >= 15 is 0 Å². The summed E-state index contributed by atoms with van der Waals surface area (Å²) in [7, 11) is 1.38. The third-order valence-electron chi connectivity index (χ3n) is 5.02. The maximum atomic E-state index is 12.9. The van der Waals surface area contributed by atoms with Crippen molar-refractivity contribution in [2.75, 3.05) is 13.7 Å². The van der Waals surface area contributed by atoms with E-state index in [0.29, 0.717) is 6.54 Å². The van der Waals surface area contributed by atoms with Crippen molar-refractivity contribution >= 4 is 12.0 Å². The van der Waals surface area contributed by atoms with Crippen LogP contribution < -0.4 is 5.32 Å². The molecule has 5 nitrogen and oxygen atoms in total. The number of carbonyl (C=O) groups is 2. The van der Waals surface area contributed by atoms with Gasteiger partial charge in [0.15, 0.2) is 0 Å². The van der Waals surface area contributed by atoms with Crippen molar-refractivity contribution in [1.82, 2.24) is 10.2 Å². The van der Waals surface area contributed by atoms with Crippen molar-refractivity contribution in [2.45, 2.75) is 58.0 Å². The minimum absolute atomic E-state index is 0.0981. The number of hydrogen-bond donors (Lipinski definition) is 1. The molecule has 2 unspecified atom stereocenters. The molecule has 1 N–H and O–H groups in total. The number of urea groups is 1. The summed E-state index contributed by atoms with van der Waals surface area (Å²) in [5.41, 5.74) is 1.05. The summed E-state index contributed by atoms with van der Waals surface area (Å²) in [6.07, 6.45) is 5.64. The maximum Gasteiger partial charge on any atom is 0.318 e. The third kappa shape index (κ3) is 5.48. The highest BCUT2D eigenvalue weighted by Gasteiger charge is 2.28. The Morgan fingerprint density at radius 1 is 1.16 bits per heavy atom. The summed E-state index contributed by atoms with van der Waals surface area (Å²) < 4.78 is 4.83. The molecule has 1 saturated carbocycles. The van der Waals surface area contributed by atoms with Crippen LogP contribution >= 0.6 is 0 Å². The normalized spacial score (nSPS) is 17.4. The van der Waals surface area contributed by atoms with Gasteiger partial charge in [0.05, 0.1) is 19.1 Å². The summed E-state index contributed by atoms with van der Waals surface area (Å²) in [5, 5.41) is 3.17.